The standard InChI is InChI=1S/C23H25NO4S2/c1-19-8-12-22(13-9-19)29(25,26)17-16-24(18-21-6-4-3-5-7-21)30(27,28)23-14-10-20(2)11-15-23/h3-15H,16-18H2,1-2H3. The molecular weight excluding hydrogens is 418 g/mol. The number of aryl methyl sites for hydroxylation is 2. The first-order valence-corrected chi connectivity index (χ1v) is 12.7. The van der Waals surface area contributed by atoms with Crippen molar-refractivity contribution in [3.8, 4) is 0 Å². The molecule has 0 heterocycles. The number of hydrogen-bond acceptors (Lipinski definition) is 4. The summed E-state index contributed by atoms with van der Waals surface area (Å²) in [6.45, 7) is 3.72. The predicted octanol–water partition coefficient (Wildman–Crippen LogP) is 3.97. The minimum absolute atomic E-state index is 0.0977. The van der Waals surface area contributed by atoms with Crippen LogP contribution in [0.25, 0.3) is 0 Å². The highest BCUT2D eigenvalue weighted by Crippen LogP contribution is 2.20. The smallest absolute Gasteiger partial charge is 0.224 e. The van der Waals surface area contributed by atoms with Crippen LogP contribution in [0, 0.1) is 13.8 Å². The van der Waals surface area contributed by atoms with E-state index in [0.717, 1.165) is 16.7 Å². The van der Waals surface area contributed by atoms with Gasteiger partial charge in [0.15, 0.2) is 9.84 Å². The van der Waals surface area contributed by atoms with Crippen molar-refractivity contribution in [3.05, 3.63) is 95.6 Å². The molecule has 0 N–H and O–H groups in total. The van der Waals surface area contributed by atoms with Crippen molar-refractivity contribution in [2.24, 2.45) is 0 Å². The summed E-state index contributed by atoms with van der Waals surface area (Å²) in [5.74, 6) is -0.298. The van der Waals surface area contributed by atoms with Crippen LogP contribution in [0.15, 0.2) is 88.7 Å². The van der Waals surface area contributed by atoms with Gasteiger partial charge in [-0.05, 0) is 43.7 Å². The van der Waals surface area contributed by atoms with Gasteiger partial charge in [0, 0.05) is 13.1 Å². The van der Waals surface area contributed by atoms with E-state index >= 15 is 0 Å². The number of hydrogen-bond donors (Lipinski definition) is 0. The molecule has 0 unspecified atom stereocenters. The monoisotopic (exact) mass is 443 g/mol. The normalized spacial score (nSPS) is 12.2. The summed E-state index contributed by atoms with van der Waals surface area (Å²) in [4.78, 5) is 0.345. The Morgan fingerprint density at radius 1 is 0.667 bits per heavy atom. The summed E-state index contributed by atoms with van der Waals surface area (Å²) in [6.07, 6.45) is 0. The molecule has 0 bridgehead atoms. The minimum atomic E-state index is -3.86. The van der Waals surface area contributed by atoms with Gasteiger partial charge in [-0.1, -0.05) is 65.7 Å². The van der Waals surface area contributed by atoms with E-state index in [1.165, 1.54) is 4.31 Å². The average molecular weight is 444 g/mol. The predicted molar refractivity (Wildman–Crippen MR) is 118 cm³/mol. The largest absolute Gasteiger partial charge is 0.243 e. The molecule has 0 fully saturated rings. The fourth-order valence-electron chi connectivity index (χ4n) is 3.02. The highest BCUT2D eigenvalue weighted by Gasteiger charge is 2.27. The van der Waals surface area contributed by atoms with Crippen molar-refractivity contribution in [2.75, 3.05) is 12.3 Å². The molecule has 5 nitrogen and oxygen atoms in total. The van der Waals surface area contributed by atoms with Gasteiger partial charge in [0.25, 0.3) is 0 Å². The quantitative estimate of drug-likeness (QED) is 0.528. The number of rotatable bonds is 8. The fourth-order valence-corrected chi connectivity index (χ4v) is 5.81. The molecule has 3 rings (SSSR count). The second kappa shape index (κ2) is 9.12. The zero-order valence-corrected chi connectivity index (χ0v) is 18.7. The summed E-state index contributed by atoms with van der Waals surface area (Å²) in [5.41, 5.74) is 2.70. The molecule has 0 amide bonds. The van der Waals surface area contributed by atoms with Gasteiger partial charge in [-0.15, -0.1) is 0 Å². The van der Waals surface area contributed by atoms with Gasteiger partial charge >= 0.3 is 0 Å². The number of sulfonamides is 1. The van der Waals surface area contributed by atoms with Gasteiger partial charge in [0.2, 0.25) is 10.0 Å². The molecular formula is C23H25NO4S2. The second-order valence-electron chi connectivity index (χ2n) is 7.27. The third-order valence-electron chi connectivity index (χ3n) is 4.85. The Hall–Kier alpha value is -2.48. The van der Waals surface area contributed by atoms with E-state index in [1.807, 2.05) is 44.2 Å². The van der Waals surface area contributed by atoms with Crippen molar-refractivity contribution in [3.63, 3.8) is 0 Å². The third-order valence-corrected chi connectivity index (χ3v) is 8.42. The van der Waals surface area contributed by atoms with Gasteiger partial charge in [-0.2, -0.15) is 4.31 Å². The topological polar surface area (TPSA) is 71.5 Å². The van der Waals surface area contributed by atoms with Crippen LogP contribution in [0.2, 0.25) is 0 Å². The van der Waals surface area contributed by atoms with Crippen molar-refractivity contribution in [1.29, 1.82) is 0 Å². The first-order valence-electron chi connectivity index (χ1n) is 9.59. The van der Waals surface area contributed by atoms with Crippen molar-refractivity contribution < 1.29 is 16.8 Å². The molecule has 0 aliphatic heterocycles. The molecule has 0 radical (unpaired) electrons. The van der Waals surface area contributed by atoms with Crippen molar-refractivity contribution >= 4 is 19.9 Å². The highest BCUT2D eigenvalue weighted by atomic mass is 32.2. The molecule has 3 aromatic carbocycles. The summed E-state index contributed by atoms with van der Waals surface area (Å²) >= 11 is 0. The Morgan fingerprint density at radius 3 is 1.70 bits per heavy atom. The van der Waals surface area contributed by atoms with Gasteiger partial charge in [0.1, 0.15) is 0 Å². The van der Waals surface area contributed by atoms with Crippen molar-refractivity contribution in [2.45, 2.75) is 30.2 Å². The maximum Gasteiger partial charge on any atom is 0.243 e. The van der Waals surface area contributed by atoms with E-state index in [-0.39, 0.29) is 28.6 Å². The molecule has 0 spiro atoms. The van der Waals surface area contributed by atoms with Crippen LogP contribution < -0.4 is 0 Å². The lowest BCUT2D eigenvalue weighted by Gasteiger charge is -2.22. The van der Waals surface area contributed by atoms with Gasteiger partial charge in [-0.3, -0.25) is 0 Å². The average Bonchev–Trinajstić information content (AvgIpc) is 2.72. The van der Waals surface area contributed by atoms with Crippen molar-refractivity contribution in [1.82, 2.24) is 4.31 Å². The Kier molecular flexibility index (Phi) is 6.75. The molecule has 0 atom stereocenters. The van der Waals surface area contributed by atoms with E-state index in [4.69, 9.17) is 0 Å². The molecule has 0 aliphatic carbocycles. The number of benzene rings is 3. The molecule has 7 heteroatoms. The Balaban J connectivity index is 1.89. The number of sulfone groups is 1. The van der Waals surface area contributed by atoms with Gasteiger partial charge in [-0.25, -0.2) is 16.8 Å². The second-order valence-corrected chi connectivity index (χ2v) is 11.3. The Bertz CT molecular complexity index is 1190. The fraction of sp³-hybridized carbons (Fsp3) is 0.217. The molecule has 0 aromatic heterocycles. The van der Waals surface area contributed by atoms with Gasteiger partial charge < -0.3 is 0 Å². The first-order chi connectivity index (χ1) is 14.2. The van der Waals surface area contributed by atoms with E-state index < -0.39 is 19.9 Å². The van der Waals surface area contributed by atoms with E-state index in [1.54, 1.807) is 48.5 Å². The van der Waals surface area contributed by atoms with Crippen LogP contribution in [-0.2, 0) is 26.4 Å². The molecule has 30 heavy (non-hydrogen) atoms. The third kappa shape index (κ3) is 5.36. The maximum absolute atomic E-state index is 13.3. The van der Waals surface area contributed by atoms with Crippen LogP contribution in [0.1, 0.15) is 16.7 Å². The lowest BCUT2D eigenvalue weighted by molar-refractivity contribution is 0.423. The van der Waals surface area contributed by atoms with E-state index in [2.05, 4.69) is 0 Å². The molecule has 0 aliphatic rings. The Morgan fingerprint density at radius 2 is 1.17 bits per heavy atom. The first kappa shape index (κ1) is 22.2. The molecule has 3 aromatic rings. The lowest BCUT2D eigenvalue weighted by atomic mass is 10.2. The zero-order valence-electron chi connectivity index (χ0n) is 17.0. The van der Waals surface area contributed by atoms with Crippen LogP contribution in [0.4, 0.5) is 0 Å². The van der Waals surface area contributed by atoms with Crippen LogP contribution in [0.3, 0.4) is 0 Å². The minimum Gasteiger partial charge on any atom is -0.224 e. The van der Waals surface area contributed by atoms with Crippen LogP contribution in [-0.4, -0.2) is 33.4 Å². The maximum atomic E-state index is 13.3. The molecule has 0 saturated carbocycles. The van der Waals surface area contributed by atoms with Gasteiger partial charge in [0.05, 0.1) is 15.5 Å². The summed E-state index contributed by atoms with van der Waals surface area (Å²) in [5, 5.41) is 0. The highest BCUT2D eigenvalue weighted by molar-refractivity contribution is 7.91. The van der Waals surface area contributed by atoms with Crippen LogP contribution >= 0.6 is 0 Å². The van der Waals surface area contributed by atoms with E-state index in [9.17, 15) is 16.8 Å². The summed E-state index contributed by atoms with van der Waals surface area (Å²) in [6, 6.07) is 22.3. The SMILES string of the molecule is Cc1ccc(S(=O)(=O)CCN(Cc2ccccc2)S(=O)(=O)c2ccc(C)cc2)cc1. The molecule has 0 saturated heterocycles. The summed E-state index contributed by atoms with van der Waals surface area (Å²) < 4.78 is 53.4. The summed E-state index contributed by atoms with van der Waals surface area (Å²) in [7, 11) is -7.48. The molecule has 158 valence electrons. The van der Waals surface area contributed by atoms with E-state index in [0.29, 0.717) is 0 Å². The lowest BCUT2D eigenvalue weighted by Crippen LogP contribution is -2.34. The number of nitrogens with zero attached hydrogens (tertiary/aromatic N) is 1. The zero-order chi connectivity index (χ0) is 21.8. The van der Waals surface area contributed by atoms with Crippen LogP contribution in [0.5, 0.6) is 0 Å². The Labute approximate surface area is 179 Å².